The van der Waals surface area contributed by atoms with E-state index in [9.17, 15) is 8.42 Å². The zero-order chi connectivity index (χ0) is 18.5. The Bertz CT molecular complexity index is 810. The van der Waals surface area contributed by atoms with Crippen LogP contribution in [0.1, 0.15) is 39.2 Å². The van der Waals surface area contributed by atoms with Crippen molar-refractivity contribution in [3.05, 3.63) is 42.5 Å². The van der Waals surface area contributed by atoms with Crippen LogP contribution in [0.25, 0.3) is 0 Å². The SMILES string of the molecule is C=CCC12C(=NS(=O)(=O)c3ccc(C)cc3)CC1(C)CO[C@@H]2C(C)C. The smallest absolute Gasteiger partial charge is 0.282 e. The molecule has 1 aliphatic carbocycles. The van der Waals surface area contributed by atoms with Crippen LogP contribution in [0.2, 0.25) is 0 Å². The van der Waals surface area contributed by atoms with Gasteiger partial charge in [-0.3, -0.25) is 0 Å². The summed E-state index contributed by atoms with van der Waals surface area (Å²) in [5.74, 6) is 0.286. The first-order chi connectivity index (χ1) is 11.7. The molecule has 4 nitrogen and oxygen atoms in total. The van der Waals surface area contributed by atoms with Crippen LogP contribution in [0.5, 0.6) is 0 Å². The predicted octanol–water partition coefficient (Wildman–Crippen LogP) is 4.15. The minimum absolute atomic E-state index is 0.0313. The Kier molecular flexibility index (Phi) is 4.44. The molecule has 1 heterocycles. The lowest BCUT2D eigenvalue weighted by Crippen LogP contribution is -2.61. The maximum absolute atomic E-state index is 12.8. The number of fused-ring (bicyclic) bond motifs is 1. The zero-order valence-corrected chi connectivity index (χ0v) is 16.3. The molecule has 5 heteroatoms. The summed E-state index contributed by atoms with van der Waals surface area (Å²) in [5, 5.41) is 0. The molecular weight excluding hydrogens is 334 g/mol. The third-order valence-electron chi connectivity index (χ3n) is 5.84. The third kappa shape index (κ3) is 2.68. The van der Waals surface area contributed by atoms with Gasteiger partial charge in [-0.15, -0.1) is 6.58 Å². The first-order valence-corrected chi connectivity index (χ1v) is 10.2. The van der Waals surface area contributed by atoms with Crippen molar-refractivity contribution >= 4 is 15.7 Å². The predicted molar refractivity (Wildman–Crippen MR) is 100 cm³/mol. The van der Waals surface area contributed by atoms with Gasteiger partial charge < -0.3 is 4.74 Å². The highest BCUT2D eigenvalue weighted by atomic mass is 32.2. The van der Waals surface area contributed by atoms with Crippen LogP contribution >= 0.6 is 0 Å². The lowest BCUT2D eigenvalue weighted by molar-refractivity contribution is 0.0309. The second-order valence-electron chi connectivity index (χ2n) is 8.00. The first kappa shape index (κ1) is 18.3. The van der Waals surface area contributed by atoms with Gasteiger partial charge in [-0.25, -0.2) is 0 Å². The van der Waals surface area contributed by atoms with E-state index >= 15 is 0 Å². The molecule has 2 fully saturated rings. The Labute approximate surface area is 151 Å². The van der Waals surface area contributed by atoms with Crippen molar-refractivity contribution < 1.29 is 13.2 Å². The van der Waals surface area contributed by atoms with Crippen molar-refractivity contribution in [3.63, 3.8) is 0 Å². The lowest BCUT2D eigenvalue weighted by Gasteiger charge is -2.55. The molecule has 1 saturated carbocycles. The second kappa shape index (κ2) is 6.06. The Morgan fingerprint density at radius 1 is 1.36 bits per heavy atom. The first-order valence-electron chi connectivity index (χ1n) is 8.80. The van der Waals surface area contributed by atoms with E-state index in [4.69, 9.17) is 4.74 Å². The molecule has 25 heavy (non-hydrogen) atoms. The second-order valence-corrected chi connectivity index (χ2v) is 9.61. The maximum Gasteiger partial charge on any atom is 0.282 e. The van der Waals surface area contributed by atoms with Gasteiger partial charge in [0.05, 0.1) is 17.6 Å². The van der Waals surface area contributed by atoms with E-state index in [0.717, 1.165) is 11.3 Å². The Balaban J connectivity index is 2.06. The molecule has 0 amide bonds. The van der Waals surface area contributed by atoms with Crippen molar-refractivity contribution in [3.8, 4) is 0 Å². The number of ether oxygens (including phenoxy) is 1. The number of hydrogen-bond donors (Lipinski definition) is 0. The molecule has 0 radical (unpaired) electrons. The highest BCUT2D eigenvalue weighted by Gasteiger charge is 2.69. The largest absolute Gasteiger partial charge is 0.376 e. The van der Waals surface area contributed by atoms with Gasteiger partial charge in [0, 0.05) is 16.5 Å². The van der Waals surface area contributed by atoms with Crippen molar-refractivity contribution in [2.45, 2.75) is 51.5 Å². The summed E-state index contributed by atoms with van der Waals surface area (Å²) >= 11 is 0. The molecule has 2 unspecified atom stereocenters. The molecule has 1 aromatic carbocycles. The molecule has 136 valence electrons. The van der Waals surface area contributed by atoms with Crippen molar-refractivity contribution in [2.75, 3.05) is 6.61 Å². The summed E-state index contributed by atoms with van der Waals surface area (Å²) in [6.45, 7) is 12.9. The average molecular weight is 362 g/mol. The van der Waals surface area contributed by atoms with Gasteiger partial charge in [0.1, 0.15) is 0 Å². The highest BCUT2D eigenvalue weighted by molar-refractivity contribution is 7.90. The number of sulfonamides is 1. The van der Waals surface area contributed by atoms with Crippen molar-refractivity contribution in [1.82, 2.24) is 0 Å². The fourth-order valence-electron chi connectivity index (χ4n) is 4.52. The zero-order valence-electron chi connectivity index (χ0n) is 15.5. The van der Waals surface area contributed by atoms with Gasteiger partial charge in [0.15, 0.2) is 0 Å². The number of nitrogens with zero attached hydrogens (tertiary/aromatic N) is 1. The van der Waals surface area contributed by atoms with Crippen LogP contribution in [-0.2, 0) is 14.8 Å². The topological polar surface area (TPSA) is 55.7 Å². The summed E-state index contributed by atoms with van der Waals surface area (Å²) < 4.78 is 36.0. The Morgan fingerprint density at radius 3 is 2.56 bits per heavy atom. The van der Waals surface area contributed by atoms with E-state index in [1.807, 2.05) is 13.0 Å². The molecule has 0 aromatic heterocycles. The van der Waals surface area contributed by atoms with Crippen LogP contribution in [-0.4, -0.2) is 26.8 Å². The number of hydrogen-bond acceptors (Lipinski definition) is 3. The standard InChI is InChI=1S/C20H27NO3S/c1-6-11-20-17(12-19(20,5)13-24-18(20)14(2)3)21-25(22,23)16-9-7-15(4)8-10-16/h6-10,14,18H,1,11-13H2,2-5H3/t18-,19?,20?/m1/s1. The number of rotatable bonds is 5. The van der Waals surface area contributed by atoms with Crippen LogP contribution in [0, 0.1) is 23.7 Å². The monoisotopic (exact) mass is 361 g/mol. The summed E-state index contributed by atoms with van der Waals surface area (Å²) in [6.07, 6.45) is 3.19. The Hall–Kier alpha value is -1.46. The maximum atomic E-state index is 12.8. The minimum Gasteiger partial charge on any atom is -0.376 e. The fourth-order valence-corrected chi connectivity index (χ4v) is 5.62. The molecule has 0 bridgehead atoms. The number of benzene rings is 1. The van der Waals surface area contributed by atoms with E-state index < -0.39 is 10.0 Å². The molecule has 1 aliphatic heterocycles. The molecule has 3 atom stereocenters. The molecule has 2 aliphatic rings. The summed E-state index contributed by atoms with van der Waals surface area (Å²) in [6, 6.07) is 6.84. The van der Waals surface area contributed by atoms with Crippen LogP contribution in [0.15, 0.2) is 46.2 Å². The average Bonchev–Trinajstić information content (AvgIpc) is 2.75. The molecule has 1 saturated heterocycles. The van der Waals surface area contributed by atoms with Gasteiger partial charge >= 0.3 is 0 Å². The molecule has 0 N–H and O–H groups in total. The van der Waals surface area contributed by atoms with Gasteiger partial charge in [-0.05, 0) is 37.8 Å². The number of aryl methyl sites for hydroxylation is 1. The molecule has 0 spiro atoms. The molecule has 3 rings (SSSR count). The van der Waals surface area contributed by atoms with Crippen LogP contribution < -0.4 is 0 Å². The van der Waals surface area contributed by atoms with Crippen LogP contribution in [0.4, 0.5) is 0 Å². The highest BCUT2D eigenvalue weighted by Crippen LogP contribution is 2.65. The van der Waals surface area contributed by atoms with E-state index in [0.29, 0.717) is 19.4 Å². The number of allylic oxidation sites excluding steroid dienone is 1. The van der Waals surface area contributed by atoms with Gasteiger partial charge in [-0.2, -0.15) is 12.8 Å². The van der Waals surface area contributed by atoms with Gasteiger partial charge in [-0.1, -0.05) is 44.5 Å². The van der Waals surface area contributed by atoms with Crippen molar-refractivity contribution in [1.29, 1.82) is 0 Å². The van der Waals surface area contributed by atoms with E-state index in [1.165, 1.54) is 0 Å². The fraction of sp³-hybridized carbons (Fsp3) is 0.550. The normalized spacial score (nSPS) is 33.3. The lowest BCUT2D eigenvalue weighted by atomic mass is 9.46. The van der Waals surface area contributed by atoms with Gasteiger partial charge in [0.2, 0.25) is 0 Å². The minimum atomic E-state index is -3.71. The molecular formula is C20H27NO3S. The third-order valence-corrected chi connectivity index (χ3v) is 7.17. The van der Waals surface area contributed by atoms with E-state index in [1.54, 1.807) is 24.3 Å². The quantitative estimate of drug-likeness (QED) is 0.740. The van der Waals surface area contributed by atoms with Crippen LogP contribution in [0.3, 0.4) is 0 Å². The van der Waals surface area contributed by atoms with Crippen molar-refractivity contribution in [2.24, 2.45) is 21.1 Å². The van der Waals surface area contributed by atoms with Gasteiger partial charge in [0.25, 0.3) is 10.0 Å². The van der Waals surface area contributed by atoms with E-state index in [2.05, 4.69) is 31.7 Å². The molecule has 1 aromatic rings. The van der Waals surface area contributed by atoms with E-state index in [-0.39, 0.29) is 27.7 Å². The summed E-state index contributed by atoms with van der Waals surface area (Å²) in [7, 11) is -3.71. The summed E-state index contributed by atoms with van der Waals surface area (Å²) in [5.41, 5.74) is 1.33. The summed E-state index contributed by atoms with van der Waals surface area (Å²) in [4.78, 5) is 0.243. The Morgan fingerprint density at radius 2 is 2.00 bits per heavy atom.